The van der Waals surface area contributed by atoms with Crippen molar-refractivity contribution in [3.8, 4) is 0 Å². The van der Waals surface area contributed by atoms with Crippen LogP contribution in [0, 0.1) is 5.92 Å². The fraction of sp³-hybridized carbons (Fsp3) is 0.278. The van der Waals surface area contributed by atoms with Crippen molar-refractivity contribution in [2.24, 2.45) is 10.9 Å². The molecule has 7 nitrogen and oxygen atoms in total. The third kappa shape index (κ3) is 3.83. The number of likely N-dealkylation sites (tertiary alicyclic amines) is 1. The summed E-state index contributed by atoms with van der Waals surface area (Å²) in [6.45, 7) is 6.13. The Morgan fingerprint density at radius 1 is 1.48 bits per heavy atom. The van der Waals surface area contributed by atoms with Crippen molar-refractivity contribution in [3.63, 3.8) is 0 Å². The number of hydrogen-bond donors (Lipinski definition) is 0. The number of Topliss-reactive ketones (excluding diaryl/α,β-unsaturated/α-hetero) is 1. The van der Waals surface area contributed by atoms with E-state index in [2.05, 4.69) is 16.6 Å². The number of allylic oxidation sites excluding steroid dienone is 3. The maximum atomic E-state index is 13.5. The minimum Gasteiger partial charge on any atom is -0.303 e. The second-order valence-electron chi connectivity index (χ2n) is 6.16. The SMILES string of the molecule is C=C(F)/C=C1/C(=O)C(C=O)=CN(c2nccs2)/C1=N/C(C)N1CC(C=O)C1. The zero-order valence-electron chi connectivity index (χ0n) is 14.5. The number of aldehydes is 2. The first-order valence-corrected chi connectivity index (χ1v) is 9.06. The summed E-state index contributed by atoms with van der Waals surface area (Å²) in [5, 5.41) is 2.22. The monoisotopic (exact) mass is 388 g/mol. The number of halogens is 1. The van der Waals surface area contributed by atoms with Gasteiger partial charge in [0.15, 0.2) is 11.4 Å². The van der Waals surface area contributed by atoms with Gasteiger partial charge in [0.05, 0.1) is 11.1 Å². The molecule has 3 rings (SSSR count). The lowest BCUT2D eigenvalue weighted by Gasteiger charge is -2.39. The molecule has 9 heteroatoms. The molecular formula is C18H17FN4O3S. The zero-order valence-corrected chi connectivity index (χ0v) is 15.4. The highest BCUT2D eigenvalue weighted by atomic mass is 32.1. The van der Waals surface area contributed by atoms with Crippen LogP contribution < -0.4 is 4.90 Å². The summed E-state index contributed by atoms with van der Waals surface area (Å²) in [7, 11) is 0. The van der Waals surface area contributed by atoms with Crippen LogP contribution in [0.2, 0.25) is 0 Å². The second-order valence-corrected chi connectivity index (χ2v) is 7.03. The molecule has 0 aromatic carbocycles. The number of anilines is 1. The van der Waals surface area contributed by atoms with Gasteiger partial charge in [0, 0.05) is 36.8 Å². The lowest BCUT2D eigenvalue weighted by Crippen LogP contribution is -2.52. The highest BCUT2D eigenvalue weighted by Gasteiger charge is 2.34. The molecule has 1 atom stereocenters. The smallest absolute Gasteiger partial charge is 0.201 e. The molecule has 1 fully saturated rings. The molecule has 0 amide bonds. The maximum absolute atomic E-state index is 13.5. The van der Waals surface area contributed by atoms with Crippen LogP contribution >= 0.6 is 11.3 Å². The normalized spacial score (nSPS) is 22.5. The van der Waals surface area contributed by atoms with Crippen molar-refractivity contribution in [1.29, 1.82) is 0 Å². The zero-order chi connectivity index (χ0) is 19.6. The molecule has 3 heterocycles. The molecular weight excluding hydrogens is 371 g/mol. The summed E-state index contributed by atoms with van der Waals surface area (Å²) in [4.78, 5) is 47.0. The number of nitrogens with zero attached hydrogens (tertiary/aromatic N) is 4. The summed E-state index contributed by atoms with van der Waals surface area (Å²) in [5.41, 5.74) is -0.198. The Balaban J connectivity index is 2.06. The molecule has 2 aliphatic rings. The number of hydrogen-bond acceptors (Lipinski definition) is 7. The Morgan fingerprint density at radius 3 is 2.78 bits per heavy atom. The number of carbonyl (C=O) groups excluding carboxylic acids is 3. The molecule has 1 aromatic rings. The fourth-order valence-corrected chi connectivity index (χ4v) is 3.45. The Kier molecular flexibility index (Phi) is 5.52. The number of thiazole rings is 1. The van der Waals surface area contributed by atoms with E-state index in [9.17, 15) is 18.8 Å². The topological polar surface area (TPSA) is 82.9 Å². The lowest BCUT2D eigenvalue weighted by molar-refractivity contribution is -0.116. The van der Waals surface area contributed by atoms with Gasteiger partial charge < -0.3 is 4.79 Å². The number of ketones is 1. The summed E-state index contributed by atoms with van der Waals surface area (Å²) >= 11 is 1.29. The number of aliphatic imine (C=N–C) groups is 1. The van der Waals surface area contributed by atoms with Crippen LogP contribution in [0.15, 0.2) is 52.4 Å². The molecule has 27 heavy (non-hydrogen) atoms. The van der Waals surface area contributed by atoms with E-state index in [-0.39, 0.29) is 29.1 Å². The number of carbonyl (C=O) groups is 3. The Labute approximate surface area is 159 Å². The summed E-state index contributed by atoms with van der Waals surface area (Å²) in [6.07, 6.45) is 4.86. The fourth-order valence-electron chi connectivity index (χ4n) is 2.83. The Bertz CT molecular complexity index is 869. The number of amidine groups is 1. The van der Waals surface area contributed by atoms with Crippen LogP contribution in [0.3, 0.4) is 0 Å². The van der Waals surface area contributed by atoms with Gasteiger partial charge in [-0.3, -0.25) is 19.4 Å². The molecule has 0 radical (unpaired) electrons. The van der Waals surface area contributed by atoms with Gasteiger partial charge in [-0.25, -0.2) is 14.4 Å². The van der Waals surface area contributed by atoms with E-state index in [4.69, 9.17) is 0 Å². The first-order chi connectivity index (χ1) is 12.9. The van der Waals surface area contributed by atoms with Crippen molar-refractivity contribution in [2.75, 3.05) is 18.0 Å². The third-order valence-corrected chi connectivity index (χ3v) is 5.04. The molecule has 0 bridgehead atoms. The largest absolute Gasteiger partial charge is 0.303 e. The predicted molar refractivity (Wildman–Crippen MR) is 100 cm³/mol. The van der Waals surface area contributed by atoms with E-state index in [1.54, 1.807) is 11.6 Å². The van der Waals surface area contributed by atoms with E-state index in [0.717, 1.165) is 12.4 Å². The summed E-state index contributed by atoms with van der Waals surface area (Å²) in [6, 6.07) is 0. The van der Waals surface area contributed by atoms with E-state index < -0.39 is 11.6 Å². The van der Waals surface area contributed by atoms with E-state index >= 15 is 0 Å². The Morgan fingerprint density at radius 2 is 2.22 bits per heavy atom. The van der Waals surface area contributed by atoms with Gasteiger partial charge in [0.25, 0.3) is 0 Å². The first kappa shape index (κ1) is 19.0. The van der Waals surface area contributed by atoms with Gasteiger partial charge in [-0.2, -0.15) is 0 Å². The second kappa shape index (κ2) is 7.85. The van der Waals surface area contributed by atoms with E-state index in [1.165, 1.54) is 22.4 Å². The van der Waals surface area contributed by atoms with Crippen molar-refractivity contribution >= 4 is 40.7 Å². The molecule has 0 N–H and O–H groups in total. The van der Waals surface area contributed by atoms with Crippen LogP contribution in [0.25, 0.3) is 0 Å². The third-order valence-electron chi connectivity index (χ3n) is 4.27. The van der Waals surface area contributed by atoms with Crippen LogP contribution in [-0.4, -0.2) is 53.3 Å². The molecule has 1 unspecified atom stereocenters. The van der Waals surface area contributed by atoms with Crippen LogP contribution in [0.5, 0.6) is 0 Å². The lowest BCUT2D eigenvalue weighted by atomic mass is 9.98. The molecule has 0 saturated carbocycles. The van der Waals surface area contributed by atoms with Crippen molar-refractivity contribution < 1.29 is 18.8 Å². The minimum atomic E-state index is -0.824. The van der Waals surface area contributed by atoms with Crippen LogP contribution in [0.4, 0.5) is 9.52 Å². The molecule has 2 aliphatic heterocycles. The van der Waals surface area contributed by atoms with Crippen molar-refractivity contribution in [2.45, 2.75) is 13.1 Å². The molecule has 1 saturated heterocycles. The molecule has 140 valence electrons. The average Bonchev–Trinajstić information content (AvgIpc) is 3.11. The van der Waals surface area contributed by atoms with Gasteiger partial charge in [0.1, 0.15) is 24.1 Å². The highest BCUT2D eigenvalue weighted by Crippen LogP contribution is 2.28. The summed E-state index contributed by atoms with van der Waals surface area (Å²) < 4.78 is 13.5. The minimum absolute atomic E-state index is 0.0297. The van der Waals surface area contributed by atoms with Gasteiger partial charge in [0.2, 0.25) is 5.78 Å². The molecule has 0 spiro atoms. The van der Waals surface area contributed by atoms with Crippen LogP contribution in [0.1, 0.15) is 6.92 Å². The van der Waals surface area contributed by atoms with Gasteiger partial charge in [-0.1, -0.05) is 6.58 Å². The number of aromatic nitrogens is 1. The van der Waals surface area contributed by atoms with Crippen molar-refractivity contribution in [3.05, 3.63) is 47.4 Å². The van der Waals surface area contributed by atoms with Gasteiger partial charge >= 0.3 is 0 Å². The standard InChI is InChI=1S/C18H17FN4O3S/c1-11(19)5-15-16(26)14(10-25)8-23(18-20-3-4-27-18)17(15)21-12(2)22-6-13(7-22)9-24/h3-5,8-10,12-13H,1,6-7H2,2H3/b15-5-,21-17+. The quantitative estimate of drug-likeness (QED) is 0.421. The number of rotatable bonds is 6. The van der Waals surface area contributed by atoms with Crippen LogP contribution in [-0.2, 0) is 14.4 Å². The highest BCUT2D eigenvalue weighted by molar-refractivity contribution is 7.13. The Hall–Kier alpha value is -2.78. The maximum Gasteiger partial charge on any atom is 0.201 e. The van der Waals surface area contributed by atoms with Gasteiger partial charge in [-0.15, -0.1) is 11.3 Å². The molecule has 1 aromatic heterocycles. The first-order valence-electron chi connectivity index (χ1n) is 8.18. The van der Waals surface area contributed by atoms with Crippen molar-refractivity contribution in [1.82, 2.24) is 9.88 Å². The average molecular weight is 388 g/mol. The van der Waals surface area contributed by atoms with Gasteiger partial charge in [-0.05, 0) is 13.0 Å². The van der Waals surface area contributed by atoms with E-state index in [1.807, 2.05) is 11.8 Å². The van der Waals surface area contributed by atoms with E-state index in [0.29, 0.717) is 24.5 Å². The predicted octanol–water partition coefficient (Wildman–Crippen LogP) is 1.90. The summed E-state index contributed by atoms with van der Waals surface area (Å²) in [5.74, 6) is -1.30. The molecule has 0 aliphatic carbocycles.